The van der Waals surface area contributed by atoms with Crippen LogP contribution in [-0.2, 0) is 0 Å². The van der Waals surface area contributed by atoms with Crippen molar-refractivity contribution in [1.29, 1.82) is 0 Å². The maximum atomic E-state index is 4.18. The number of unbranched alkanes of at least 4 members (excludes halogenated alkanes) is 1. The third-order valence-electron chi connectivity index (χ3n) is 2.93. The summed E-state index contributed by atoms with van der Waals surface area (Å²) in [6, 6.07) is 0. The third-order valence-corrected chi connectivity index (χ3v) is 2.93. The number of allylic oxidation sites excluding steroid dienone is 1. The van der Waals surface area contributed by atoms with Gasteiger partial charge in [0.2, 0.25) is 0 Å². The maximum absolute atomic E-state index is 4.18. The molecule has 0 aliphatic heterocycles. The van der Waals surface area contributed by atoms with Crippen LogP contribution in [0.4, 0.5) is 0 Å². The Balaban J connectivity index is 3.68. The lowest BCUT2D eigenvalue weighted by molar-refractivity contribution is 0.354. The number of hydrogen-bond donors (Lipinski definition) is 1. The fraction of sp³-hybridized carbons (Fsp3) is 0.846. The summed E-state index contributed by atoms with van der Waals surface area (Å²) in [6.45, 7) is 10.9. The normalized spacial score (nSPS) is 12.5. The van der Waals surface area contributed by atoms with Crippen molar-refractivity contribution in [2.24, 2.45) is 5.92 Å². The number of rotatable bonds is 9. The summed E-state index contributed by atoms with van der Waals surface area (Å²) in [6.07, 6.45) is 5.02. The third kappa shape index (κ3) is 6.56. The first kappa shape index (κ1) is 14.5. The molecule has 0 fully saturated rings. The average molecular weight is 212 g/mol. The summed E-state index contributed by atoms with van der Waals surface area (Å²) < 4.78 is 0. The van der Waals surface area contributed by atoms with Gasteiger partial charge in [-0.15, -0.1) is 0 Å². The second-order valence-corrected chi connectivity index (χ2v) is 4.41. The number of nitrogens with zero attached hydrogens (tertiary/aromatic N) is 1. The summed E-state index contributed by atoms with van der Waals surface area (Å²) in [5, 5.41) is 3.18. The van der Waals surface area contributed by atoms with E-state index < -0.39 is 0 Å². The topological polar surface area (TPSA) is 15.3 Å². The highest BCUT2D eigenvalue weighted by molar-refractivity contribution is 4.97. The van der Waals surface area contributed by atoms with Crippen LogP contribution in [0.15, 0.2) is 12.3 Å². The van der Waals surface area contributed by atoms with Crippen LogP contribution in [-0.4, -0.2) is 32.1 Å². The number of hydrogen-bond acceptors (Lipinski definition) is 2. The molecule has 2 nitrogen and oxygen atoms in total. The first-order valence-corrected chi connectivity index (χ1v) is 6.18. The molecule has 2 heteroatoms. The Morgan fingerprint density at radius 2 is 2.07 bits per heavy atom. The molecular weight excluding hydrogens is 184 g/mol. The van der Waals surface area contributed by atoms with Gasteiger partial charge in [0.1, 0.15) is 0 Å². The molecular formula is C13H28N2. The lowest BCUT2D eigenvalue weighted by Gasteiger charge is -2.26. The van der Waals surface area contributed by atoms with Gasteiger partial charge in [-0.2, -0.15) is 0 Å². The molecule has 0 saturated carbocycles. The minimum atomic E-state index is 0.624. The molecule has 0 saturated heterocycles. The highest BCUT2D eigenvalue weighted by Gasteiger charge is 2.09. The molecule has 0 spiro atoms. The Kier molecular flexibility index (Phi) is 8.49. The molecule has 0 radical (unpaired) electrons. The average Bonchev–Trinajstić information content (AvgIpc) is 2.23. The highest BCUT2D eigenvalue weighted by Crippen LogP contribution is 2.18. The van der Waals surface area contributed by atoms with Gasteiger partial charge in [-0.1, -0.05) is 26.8 Å². The van der Waals surface area contributed by atoms with Crippen LogP contribution in [0.5, 0.6) is 0 Å². The van der Waals surface area contributed by atoms with E-state index in [1.54, 1.807) is 0 Å². The fourth-order valence-electron chi connectivity index (χ4n) is 1.77. The fourth-order valence-corrected chi connectivity index (χ4v) is 1.77. The van der Waals surface area contributed by atoms with Gasteiger partial charge in [0.15, 0.2) is 0 Å². The lowest BCUT2D eigenvalue weighted by Crippen LogP contribution is -2.22. The van der Waals surface area contributed by atoms with Crippen LogP contribution in [0.1, 0.15) is 39.5 Å². The predicted octanol–water partition coefficient (Wildman–Crippen LogP) is 2.87. The zero-order valence-corrected chi connectivity index (χ0v) is 11.0. The molecule has 0 rings (SSSR count). The zero-order valence-electron chi connectivity index (χ0n) is 11.0. The van der Waals surface area contributed by atoms with E-state index in [0.29, 0.717) is 5.92 Å². The van der Waals surface area contributed by atoms with E-state index in [1.807, 2.05) is 7.05 Å². The van der Waals surface area contributed by atoms with Crippen molar-refractivity contribution in [2.75, 3.05) is 27.2 Å². The summed E-state index contributed by atoms with van der Waals surface area (Å²) in [5.74, 6) is 0.624. The first-order valence-electron chi connectivity index (χ1n) is 6.18. The number of nitrogens with one attached hydrogen (secondary N) is 1. The van der Waals surface area contributed by atoms with Gasteiger partial charge in [-0.3, -0.25) is 0 Å². The molecule has 1 unspecified atom stereocenters. The zero-order chi connectivity index (χ0) is 11.7. The van der Waals surface area contributed by atoms with E-state index in [1.165, 1.54) is 31.4 Å². The van der Waals surface area contributed by atoms with Crippen molar-refractivity contribution in [3.8, 4) is 0 Å². The standard InChI is InChI=1S/C13H28N2/c1-6-11-15(5)13(3)12(2)9-7-8-10-14-4/h12,14H,3,6-11H2,1-2,4-5H3. The van der Waals surface area contributed by atoms with Crippen molar-refractivity contribution in [3.05, 3.63) is 12.3 Å². The van der Waals surface area contributed by atoms with Crippen LogP contribution >= 0.6 is 0 Å². The molecule has 90 valence electrons. The predicted molar refractivity (Wildman–Crippen MR) is 69.0 cm³/mol. The van der Waals surface area contributed by atoms with E-state index >= 15 is 0 Å². The van der Waals surface area contributed by atoms with Crippen LogP contribution in [0.2, 0.25) is 0 Å². The summed E-state index contributed by atoms with van der Waals surface area (Å²) in [7, 11) is 4.16. The lowest BCUT2D eigenvalue weighted by atomic mass is 10.0. The molecule has 0 aromatic rings. The van der Waals surface area contributed by atoms with Crippen molar-refractivity contribution in [1.82, 2.24) is 10.2 Å². The minimum Gasteiger partial charge on any atom is -0.378 e. The monoisotopic (exact) mass is 212 g/mol. The molecule has 0 aromatic heterocycles. The Hall–Kier alpha value is -0.500. The molecule has 0 aromatic carbocycles. The van der Waals surface area contributed by atoms with Gasteiger partial charge in [-0.25, -0.2) is 0 Å². The van der Waals surface area contributed by atoms with Crippen molar-refractivity contribution in [2.45, 2.75) is 39.5 Å². The molecule has 0 amide bonds. The van der Waals surface area contributed by atoms with E-state index in [9.17, 15) is 0 Å². The maximum Gasteiger partial charge on any atom is 0.0169 e. The minimum absolute atomic E-state index is 0.624. The highest BCUT2D eigenvalue weighted by atomic mass is 15.1. The van der Waals surface area contributed by atoms with Crippen LogP contribution in [0, 0.1) is 5.92 Å². The summed E-state index contributed by atoms with van der Waals surface area (Å²) in [4.78, 5) is 2.29. The Morgan fingerprint density at radius 1 is 1.40 bits per heavy atom. The van der Waals surface area contributed by atoms with Gasteiger partial charge in [-0.05, 0) is 38.8 Å². The van der Waals surface area contributed by atoms with E-state index in [2.05, 4.69) is 37.7 Å². The summed E-state index contributed by atoms with van der Waals surface area (Å²) >= 11 is 0. The van der Waals surface area contributed by atoms with Crippen LogP contribution < -0.4 is 5.32 Å². The van der Waals surface area contributed by atoms with E-state index in [-0.39, 0.29) is 0 Å². The molecule has 1 N–H and O–H groups in total. The largest absolute Gasteiger partial charge is 0.378 e. The van der Waals surface area contributed by atoms with Gasteiger partial charge in [0.25, 0.3) is 0 Å². The van der Waals surface area contributed by atoms with Gasteiger partial charge >= 0.3 is 0 Å². The second-order valence-electron chi connectivity index (χ2n) is 4.41. The quantitative estimate of drug-likeness (QED) is 0.591. The Bertz CT molecular complexity index is 166. The van der Waals surface area contributed by atoms with Gasteiger partial charge < -0.3 is 10.2 Å². The van der Waals surface area contributed by atoms with Gasteiger partial charge in [0.05, 0.1) is 0 Å². The molecule has 1 atom stereocenters. The first-order chi connectivity index (χ1) is 7.13. The van der Waals surface area contributed by atoms with Crippen molar-refractivity contribution >= 4 is 0 Å². The summed E-state index contributed by atoms with van der Waals surface area (Å²) in [5.41, 5.74) is 1.29. The van der Waals surface area contributed by atoms with Crippen LogP contribution in [0.3, 0.4) is 0 Å². The van der Waals surface area contributed by atoms with Crippen molar-refractivity contribution in [3.63, 3.8) is 0 Å². The molecule has 0 bridgehead atoms. The molecule has 0 aliphatic rings. The molecule has 0 heterocycles. The SMILES string of the molecule is C=C(C(C)CCCCNC)N(C)CCC. The Morgan fingerprint density at radius 3 is 2.60 bits per heavy atom. The smallest absolute Gasteiger partial charge is 0.0169 e. The second kappa shape index (κ2) is 8.78. The Labute approximate surface area is 95.7 Å². The van der Waals surface area contributed by atoms with Crippen molar-refractivity contribution < 1.29 is 0 Å². The van der Waals surface area contributed by atoms with E-state index in [0.717, 1.165) is 13.1 Å². The molecule has 15 heavy (non-hydrogen) atoms. The molecule has 0 aliphatic carbocycles. The van der Waals surface area contributed by atoms with Gasteiger partial charge in [0, 0.05) is 19.3 Å². The van der Waals surface area contributed by atoms with E-state index in [4.69, 9.17) is 0 Å². The van der Waals surface area contributed by atoms with Crippen LogP contribution in [0.25, 0.3) is 0 Å².